The van der Waals surface area contributed by atoms with Crippen LogP contribution in [0.25, 0.3) is 6.08 Å². The molecule has 0 aliphatic rings. The Labute approximate surface area is 198 Å². The summed E-state index contributed by atoms with van der Waals surface area (Å²) in [7, 11) is 0. The van der Waals surface area contributed by atoms with E-state index in [1.165, 1.54) is 6.08 Å². The molecule has 2 N–H and O–H groups in total. The molecule has 0 saturated heterocycles. The van der Waals surface area contributed by atoms with E-state index in [-0.39, 0.29) is 18.1 Å². The number of halogens is 2. The van der Waals surface area contributed by atoms with E-state index in [9.17, 15) is 14.9 Å². The van der Waals surface area contributed by atoms with Gasteiger partial charge in [0.15, 0.2) is 6.61 Å². The highest BCUT2D eigenvalue weighted by Crippen LogP contribution is 2.27. The summed E-state index contributed by atoms with van der Waals surface area (Å²) < 4.78 is 6.13. The Balaban J connectivity index is 1.64. The van der Waals surface area contributed by atoms with Crippen molar-refractivity contribution in [3.05, 3.63) is 93.4 Å². The molecule has 0 radical (unpaired) electrons. The van der Waals surface area contributed by atoms with Gasteiger partial charge in [-0.05, 0) is 70.0 Å². The van der Waals surface area contributed by atoms with Gasteiger partial charge in [-0.25, -0.2) is 0 Å². The average Bonchev–Trinajstić information content (AvgIpc) is 2.77. The maximum Gasteiger partial charge on any atom is 0.266 e. The van der Waals surface area contributed by atoms with Gasteiger partial charge in [-0.1, -0.05) is 41.9 Å². The fraction of sp³-hybridized carbons (Fsp3) is 0.0417. The summed E-state index contributed by atoms with van der Waals surface area (Å²) in [6.45, 7) is -0.172. The zero-order valence-electron chi connectivity index (χ0n) is 16.6. The predicted octanol–water partition coefficient (Wildman–Crippen LogP) is 5.67. The number of carbonyl (C=O) groups excluding carboxylic acids is 2. The highest BCUT2D eigenvalue weighted by atomic mass is 79.9. The van der Waals surface area contributed by atoms with Gasteiger partial charge in [-0.15, -0.1) is 0 Å². The van der Waals surface area contributed by atoms with Gasteiger partial charge < -0.3 is 15.4 Å². The third-order valence-electron chi connectivity index (χ3n) is 4.13. The maximum absolute atomic E-state index is 12.4. The van der Waals surface area contributed by atoms with Crippen LogP contribution < -0.4 is 15.4 Å². The van der Waals surface area contributed by atoms with Crippen LogP contribution in [-0.4, -0.2) is 18.4 Å². The molecule has 3 rings (SSSR count). The molecule has 0 saturated carbocycles. The molecule has 0 aliphatic carbocycles. The SMILES string of the molecule is N#C/C(=C\c1ccc(OCC(=O)Nc2ccccc2)c(Br)c1)C(=O)Nc1cccc(Cl)c1. The molecule has 32 heavy (non-hydrogen) atoms. The van der Waals surface area contributed by atoms with Crippen LogP contribution in [0.15, 0.2) is 82.8 Å². The van der Waals surface area contributed by atoms with E-state index in [1.54, 1.807) is 54.6 Å². The van der Waals surface area contributed by atoms with Crippen LogP contribution in [-0.2, 0) is 9.59 Å². The first-order valence-corrected chi connectivity index (χ1v) is 10.6. The van der Waals surface area contributed by atoms with E-state index in [0.29, 0.717) is 32.2 Å². The van der Waals surface area contributed by atoms with Crippen molar-refractivity contribution in [3.63, 3.8) is 0 Å². The number of carbonyl (C=O) groups is 2. The van der Waals surface area contributed by atoms with Crippen LogP contribution in [0.4, 0.5) is 11.4 Å². The number of hydrogen-bond acceptors (Lipinski definition) is 4. The Kier molecular flexibility index (Phi) is 8.03. The number of amides is 2. The highest BCUT2D eigenvalue weighted by molar-refractivity contribution is 9.10. The summed E-state index contributed by atoms with van der Waals surface area (Å²) >= 11 is 9.31. The van der Waals surface area contributed by atoms with Crippen LogP contribution >= 0.6 is 27.5 Å². The average molecular weight is 511 g/mol. The van der Waals surface area contributed by atoms with E-state index in [1.807, 2.05) is 24.3 Å². The topological polar surface area (TPSA) is 91.2 Å². The molecule has 0 unspecified atom stereocenters. The number of nitrogens with one attached hydrogen (secondary N) is 2. The molecule has 0 aliphatic heterocycles. The quantitative estimate of drug-likeness (QED) is 0.317. The zero-order valence-corrected chi connectivity index (χ0v) is 19.0. The van der Waals surface area contributed by atoms with Crippen molar-refractivity contribution < 1.29 is 14.3 Å². The third-order valence-corrected chi connectivity index (χ3v) is 4.99. The van der Waals surface area contributed by atoms with Gasteiger partial charge in [-0.2, -0.15) is 5.26 Å². The molecule has 0 fully saturated rings. The van der Waals surface area contributed by atoms with Gasteiger partial charge in [0, 0.05) is 16.4 Å². The van der Waals surface area contributed by atoms with Crippen molar-refractivity contribution in [1.29, 1.82) is 5.26 Å². The van der Waals surface area contributed by atoms with Crippen molar-refractivity contribution >= 4 is 56.8 Å². The van der Waals surface area contributed by atoms with E-state index < -0.39 is 5.91 Å². The summed E-state index contributed by atoms with van der Waals surface area (Å²) in [6.07, 6.45) is 1.45. The minimum Gasteiger partial charge on any atom is -0.483 e. The summed E-state index contributed by atoms with van der Waals surface area (Å²) in [5.74, 6) is -0.396. The number of para-hydroxylation sites is 1. The lowest BCUT2D eigenvalue weighted by atomic mass is 10.1. The molecule has 8 heteroatoms. The molecular formula is C24H17BrClN3O3. The van der Waals surface area contributed by atoms with E-state index in [0.717, 1.165) is 0 Å². The summed E-state index contributed by atoms with van der Waals surface area (Å²) in [5, 5.41) is 15.2. The number of ether oxygens (including phenoxy) is 1. The Bertz CT molecular complexity index is 1210. The van der Waals surface area contributed by atoms with Gasteiger partial charge in [0.05, 0.1) is 4.47 Å². The number of benzene rings is 3. The lowest BCUT2D eigenvalue weighted by molar-refractivity contribution is -0.118. The predicted molar refractivity (Wildman–Crippen MR) is 128 cm³/mol. The minimum atomic E-state index is -0.552. The molecule has 0 spiro atoms. The van der Waals surface area contributed by atoms with Crippen LogP contribution in [0.1, 0.15) is 5.56 Å². The fourth-order valence-electron chi connectivity index (χ4n) is 2.67. The molecule has 3 aromatic carbocycles. The summed E-state index contributed by atoms with van der Waals surface area (Å²) in [4.78, 5) is 24.5. The minimum absolute atomic E-state index is 0.0761. The Morgan fingerprint density at radius 2 is 1.75 bits per heavy atom. The first-order valence-electron chi connectivity index (χ1n) is 9.40. The first-order chi connectivity index (χ1) is 15.4. The van der Waals surface area contributed by atoms with E-state index >= 15 is 0 Å². The lowest BCUT2D eigenvalue weighted by Crippen LogP contribution is -2.20. The lowest BCUT2D eigenvalue weighted by Gasteiger charge is -2.10. The van der Waals surface area contributed by atoms with Crippen LogP contribution in [0.2, 0.25) is 5.02 Å². The van der Waals surface area contributed by atoms with Crippen molar-refractivity contribution in [3.8, 4) is 11.8 Å². The Morgan fingerprint density at radius 3 is 2.44 bits per heavy atom. The monoisotopic (exact) mass is 509 g/mol. The fourth-order valence-corrected chi connectivity index (χ4v) is 3.37. The molecule has 0 aromatic heterocycles. The second-order valence-electron chi connectivity index (χ2n) is 6.53. The van der Waals surface area contributed by atoms with Crippen molar-refractivity contribution in [2.24, 2.45) is 0 Å². The Morgan fingerprint density at radius 1 is 1.00 bits per heavy atom. The third kappa shape index (κ3) is 6.71. The zero-order chi connectivity index (χ0) is 22.9. The van der Waals surface area contributed by atoms with Gasteiger partial charge in [0.1, 0.15) is 17.4 Å². The molecule has 2 amide bonds. The second-order valence-corrected chi connectivity index (χ2v) is 7.82. The van der Waals surface area contributed by atoms with Gasteiger partial charge >= 0.3 is 0 Å². The molecule has 3 aromatic rings. The first kappa shape index (κ1) is 23.1. The van der Waals surface area contributed by atoms with Gasteiger partial charge in [0.2, 0.25) is 0 Å². The van der Waals surface area contributed by atoms with Crippen LogP contribution in [0, 0.1) is 11.3 Å². The smallest absolute Gasteiger partial charge is 0.266 e. The molecule has 0 heterocycles. The van der Waals surface area contributed by atoms with Crippen molar-refractivity contribution in [2.45, 2.75) is 0 Å². The second kappa shape index (κ2) is 11.1. The number of nitrogens with zero attached hydrogens (tertiary/aromatic N) is 1. The number of nitriles is 1. The van der Waals surface area contributed by atoms with Gasteiger partial charge in [0.25, 0.3) is 11.8 Å². The van der Waals surface area contributed by atoms with E-state index in [4.69, 9.17) is 16.3 Å². The molecular weight excluding hydrogens is 494 g/mol. The van der Waals surface area contributed by atoms with E-state index in [2.05, 4.69) is 26.6 Å². The number of rotatable bonds is 7. The molecule has 0 atom stereocenters. The summed E-state index contributed by atoms with van der Waals surface area (Å²) in [5.41, 5.74) is 1.70. The normalized spacial score (nSPS) is 10.7. The molecule has 6 nitrogen and oxygen atoms in total. The highest BCUT2D eigenvalue weighted by Gasteiger charge is 2.11. The van der Waals surface area contributed by atoms with Crippen molar-refractivity contribution in [2.75, 3.05) is 17.2 Å². The van der Waals surface area contributed by atoms with Crippen molar-refractivity contribution in [1.82, 2.24) is 0 Å². The summed E-state index contributed by atoms with van der Waals surface area (Å²) in [6, 6.07) is 22.6. The van der Waals surface area contributed by atoms with Crippen LogP contribution in [0.3, 0.4) is 0 Å². The van der Waals surface area contributed by atoms with Crippen LogP contribution in [0.5, 0.6) is 5.75 Å². The maximum atomic E-state index is 12.4. The number of anilines is 2. The standard InChI is InChI=1S/C24H17BrClN3O3/c25-21-12-16(11-17(14-27)24(31)29-20-8-4-5-18(26)13-20)9-10-22(21)32-15-23(30)28-19-6-2-1-3-7-19/h1-13H,15H2,(H,28,30)(H,29,31)/b17-11+. The Hall–Kier alpha value is -3.60. The number of hydrogen-bond donors (Lipinski definition) is 2. The largest absolute Gasteiger partial charge is 0.483 e. The van der Waals surface area contributed by atoms with Gasteiger partial charge in [-0.3, -0.25) is 9.59 Å². The molecule has 0 bridgehead atoms. The molecule has 160 valence electrons.